The molecule has 0 aromatic heterocycles. The molecule has 6 heteroatoms. The van der Waals surface area contributed by atoms with Crippen molar-refractivity contribution < 1.29 is 19.0 Å². The molecule has 0 saturated heterocycles. The molecular weight excluding hydrogens is 356 g/mol. The van der Waals surface area contributed by atoms with Gasteiger partial charge in [0, 0.05) is 13.1 Å². The molecule has 28 heavy (non-hydrogen) atoms. The Bertz CT molecular complexity index is 889. The van der Waals surface area contributed by atoms with Gasteiger partial charge in [-0.15, -0.1) is 0 Å². The number of benzene rings is 2. The van der Waals surface area contributed by atoms with Gasteiger partial charge in [-0.05, 0) is 55.7 Å². The molecule has 0 bridgehead atoms. The van der Waals surface area contributed by atoms with E-state index in [2.05, 4.69) is 6.07 Å². The minimum absolute atomic E-state index is 0.0939. The number of amides is 1. The summed E-state index contributed by atoms with van der Waals surface area (Å²) in [5.41, 5.74) is 2.65. The van der Waals surface area contributed by atoms with E-state index in [4.69, 9.17) is 19.5 Å². The SMILES string of the molecule is CCOc1cc2c(cc1OCC)CN(C(=O)COc1ccccc1C#N)CC2. The molecule has 2 aromatic carbocycles. The maximum Gasteiger partial charge on any atom is 0.260 e. The van der Waals surface area contributed by atoms with Crippen molar-refractivity contribution in [3.05, 3.63) is 53.1 Å². The number of ether oxygens (including phenoxy) is 3. The number of nitriles is 1. The second-order valence-electron chi connectivity index (χ2n) is 6.40. The lowest BCUT2D eigenvalue weighted by atomic mass is 9.98. The van der Waals surface area contributed by atoms with Crippen molar-refractivity contribution in [2.45, 2.75) is 26.8 Å². The Hall–Kier alpha value is -3.20. The van der Waals surface area contributed by atoms with Crippen LogP contribution >= 0.6 is 0 Å². The lowest BCUT2D eigenvalue weighted by Crippen LogP contribution is -2.38. The molecule has 2 aromatic rings. The zero-order chi connectivity index (χ0) is 19.9. The van der Waals surface area contributed by atoms with Gasteiger partial charge in [-0.25, -0.2) is 0 Å². The largest absolute Gasteiger partial charge is 0.490 e. The van der Waals surface area contributed by atoms with Gasteiger partial charge in [0.2, 0.25) is 0 Å². The third kappa shape index (κ3) is 4.37. The smallest absolute Gasteiger partial charge is 0.260 e. The zero-order valence-electron chi connectivity index (χ0n) is 16.2. The highest BCUT2D eigenvalue weighted by molar-refractivity contribution is 5.78. The van der Waals surface area contributed by atoms with Gasteiger partial charge in [-0.3, -0.25) is 4.79 Å². The second kappa shape index (κ2) is 9.14. The molecule has 0 saturated carbocycles. The first kappa shape index (κ1) is 19.6. The zero-order valence-corrected chi connectivity index (χ0v) is 16.2. The molecule has 1 amide bonds. The molecule has 146 valence electrons. The molecule has 0 radical (unpaired) electrons. The van der Waals surface area contributed by atoms with Crippen LogP contribution < -0.4 is 14.2 Å². The predicted molar refractivity (Wildman–Crippen MR) is 105 cm³/mol. The number of hydrogen-bond acceptors (Lipinski definition) is 5. The fraction of sp³-hybridized carbons (Fsp3) is 0.364. The van der Waals surface area contributed by atoms with Gasteiger partial charge in [0.1, 0.15) is 11.8 Å². The van der Waals surface area contributed by atoms with Gasteiger partial charge in [-0.1, -0.05) is 12.1 Å². The third-order valence-corrected chi connectivity index (χ3v) is 4.59. The number of carbonyl (C=O) groups is 1. The molecule has 0 unspecified atom stereocenters. The van der Waals surface area contributed by atoms with Crippen molar-refractivity contribution in [1.29, 1.82) is 5.26 Å². The molecule has 0 aliphatic carbocycles. The highest BCUT2D eigenvalue weighted by atomic mass is 16.5. The molecule has 0 fully saturated rings. The summed E-state index contributed by atoms with van der Waals surface area (Å²) in [7, 11) is 0. The molecule has 0 spiro atoms. The summed E-state index contributed by atoms with van der Waals surface area (Å²) < 4.78 is 17.0. The van der Waals surface area contributed by atoms with E-state index in [1.165, 1.54) is 5.56 Å². The van der Waals surface area contributed by atoms with Gasteiger partial charge in [0.05, 0.1) is 18.8 Å². The monoisotopic (exact) mass is 380 g/mol. The van der Waals surface area contributed by atoms with E-state index in [1.54, 1.807) is 29.2 Å². The molecule has 0 atom stereocenters. The molecule has 1 heterocycles. The number of carbonyl (C=O) groups excluding carboxylic acids is 1. The van der Waals surface area contributed by atoms with Crippen LogP contribution in [0.4, 0.5) is 0 Å². The minimum Gasteiger partial charge on any atom is -0.490 e. The highest BCUT2D eigenvalue weighted by Crippen LogP contribution is 2.34. The van der Waals surface area contributed by atoms with Gasteiger partial charge < -0.3 is 19.1 Å². The normalized spacial score (nSPS) is 12.7. The predicted octanol–water partition coefficient (Wildman–Crippen LogP) is 3.32. The minimum atomic E-state index is -0.106. The van der Waals surface area contributed by atoms with E-state index in [0.29, 0.717) is 43.4 Å². The fourth-order valence-electron chi connectivity index (χ4n) is 3.23. The fourth-order valence-corrected chi connectivity index (χ4v) is 3.23. The summed E-state index contributed by atoms with van der Waals surface area (Å²) in [5.74, 6) is 1.77. The summed E-state index contributed by atoms with van der Waals surface area (Å²) in [6, 6.07) is 13.0. The van der Waals surface area contributed by atoms with Crippen LogP contribution in [0.5, 0.6) is 17.2 Å². The van der Waals surface area contributed by atoms with E-state index in [0.717, 1.165) is 17.7 Å². The summed E-state index contributed by atoms with van der Waals surface area (Å²) in [6.07, 6.45) is 0.752. The Morgan fingerprint density at radius 2 is 1.71 bits per heavy atom. The number of rotatable bonds is 7. The lowest BCUT2D eigenvalue weighted by molar-refractivity contribution is -0.134. The second-order valence-corrected chi connectivity index (χ2v) is 6.40. The Morgan fingerprint density at radius 3 is 2.39 bits per heavy atom. The number of hydrogen-bond donors (Lipinski definition) is 0. The van der Waals surface area contributed by atoms with Crippen LogP contribution in [0.25, 0.3) is 0 Å². The Labute approximate surface area is 165 Å². The summed E-state index contributed by atoms with van der Waals surface area (Å²) in [6.45, 7) is 6.03. The van der Waals surface area contributed by atoms with Crippen LogP contribution in [0, 0.1) is 11.3 Å². The standard InChI is InChI=1S/C22H24N2O4/c1-3-26-20-11-16-9-10-24(14-18(16)12-21(20)27-4-2)22(25)15-28-19-8-6-5-7-17(19)13-23/h5-8,11-12H,3-4,9-10,14-15H2,1-2H3. The van der Waals surface area contributed by atoms with Crippen molar-refractivity contribution in [3.63, 3.8) is 0 Å². The van der Waals surface area contributed by atoms with Crippen molar-refractivity contribution in [3.8, 4) is 23.3 Å². The van der Waals surface area contributed by atoms with Crippen molar-refractivity contribution in [1.82, 2.24) is 4.90 Å². The van der Waals surface area contributed by atoms with Gasteiger partial charge in [0.25, 0.3) is 5.91 Å². The van der Waals surface area contributed by atoms with E-state index >= 15 is 0 Å². The molecular formula is C22H24N2O4. The van der Waals surface area contributed by atoms with E-state index in [9.17, 15) is 4.79 Å². The Morgan fingerprint density at radius 1 is 1.04 bits per heavy atom. The summed E-state index contributed by atoms with van der Waals surface area (Å²) >= 11 is 0. The Balaban J connectivity index is 1.69. The summed E-state index contributed by atoms with van der Waals surface area (Å²) in [4.78, 5) is 14.4. The third-order valence-electron chi connectivity index (χ3n) is 4.59. The topological polar surface area (TPSA) is 71.8 Å². The van der Waals surface area contributed by atoms with Crippen molar-refractivity contribution >= 4 is 5.91 Å². The number of para-hydroxylation sites is 1. The van der Waals surface area contributed by atoms with Crippen molar-refractivity contribution in [2.24, 2.45) is 0 Å². The van der Waals surface area contributed by atoms with Gasteiger partial charge >= 0.3 is 0 Å². The number of fused-ring (bicyclic) bond motifs is 1. The van der Waals surface area contributed by atoms with Crippen LogP contribution in [0.3, 0.4) is 0 Å². The summed E-state index contributed by atoms with van der Waals surface area (Å²) in [5, 5.41) is 9.12. The quantitative estimate of drug-likeness (QED) is 0.737. The van der Waals surface area contributed by atoms with E-state index in [1.807, 2.05) is 26.0 Å². The van der Waals surface area contributed by atoms with Crippen LogP contribution in [-0.4, -0.2) is 37.2 Å². The maximum absolute atomic E-state index is 12.6. The Kier molecular flexibility index (Phi) is 6.38. The molecule has 1 aliphatic heterocycles. The average molecular weight is 380 g/mol. The van der Waals surface area contributed by atoms with Gasteiger partial charge in [-0.2, -0.15) is 5.26 Å². The van der Waals surface area contributed by atoms with Crippen LogP contribution in [0.15, 0.2) is 36.4 Å². The van der Waals surface area contributed by atoms with Crippen LogP contribution in [-0.2, 0) is 17.8 Å². The highest BCUT2D eigenvalue weighted by Gasteiger charge is 2.23. The van der Waals surface area contributed by atoms with Crippen molar-refractivity contribution in [2.75, 3.05) is 26.4 Å². The van der Waals surface area contributed by atoms with Crippen LogP contribution in [0.2, 0.25) is 0 Å². The van der Waals surface area contributed by atoms with E-state index < -0.39 is 0 Å². The molecule has 3 rings (SSSR count). The maximum atomic E-state index is 12.6. The lowest BCUT2D eigenvalue weighted by Gasteiger charge is -2.29. The van der Waals surface area contributed by atoms with Crippen LogP contribution in [0.1, 0.15) is 30.5 Å². The van der Waals surface area contributed by atoms with E-state index in [-0.39, 0.29) is 12.5 Å². The first-order valence-corrected chi connectivity index (χ1v) is 9.47. The molecule has 6 nitrogen and oxygen atoms in total. The average Bonchev–Trinajstić information content (AvgIpc) is 2.72. The molecule has 0 N–H and O–H groups in total. The molecule has 1 aliphatic rings. The first-order chi connectivity index (χ1) is 13.7. The number of nitrogens with zero attached hydrogens (tertiary/aromatic N) is 2. The first-order valence-electron chi connectivity index (χ1n) is 9.47. The van der Waals surface area contributed by atoms with Gasteiger partial charge in [0.15, 0.2) is 18.1 Å².